The molecule has 0 saturated heterocycles. The molecule has 3 heterocycles. The molecule has 3 aliphatic rings. The highest BCUT2D eigenvalue weighted by Gasteiger charge is 2.23. The molecular weight excluding hydrogens is 713 g/mol. The summed E-state index contributed by atoms with van der Waals surface area (Å²) in [5, 5.41) is 5.20. The maximum atomic E-state index is 5.10. The number of hydrogen-bond donors (Lipinski definition) is 0. The smallest absolute Gasteiger partial charge is 0.164 e. The van der Waals surface area contributed by atoms with Crippen LogP contribution >= 0.6 is 21.0 Å². The van der Waals surface area contributed by atoms with Gasteiger partial charge >= 0.3 is 0 Å². The predicted molar refractivity (Wildman–Crippen MR) is 213 cm³/mol. The summed E-state index contributed by atoms with van der Waals surface area (Å²) >= 11 is -0.423. The van der Waals surface area contributed by atoms with E-state index in [1.165, 1.54) is 32.7 Å². The average molecular weight is 748 g/mol. The predicted octanol–water partition coefficient (Wildman–Crippen LogP) is 11.5. The normalized spacial score (nSPS) is 16.1. The Morgan fingerprint density at radius 3 is 2.43 bits per heavy atom. The molecule has 0 saturated carbocycles. The van der Waals surface area contributed by atoms with Gasteiger partial charge in [-0.15, -0.1) is 0 Å². The SMILES string of the molecule is C=C/C(=C(\C=C/C)C1=CCCC=C1c1nc(C2=CI=NC=C2)nc(-c2ccncc2)n1)c1ccc2c3c(c4ccccc4c2c1)C=CCC3. The molecule has 8 rings (SSSR count). The zero-order chi connectivity index (χ0) is 33.2. The molecule has 0 bridgehead atoms. The van der Waals surface area contributed by atoms with Gasteiger partial charge in [-0.1, -0.05) is 85.5 Å². The Morgan fingerprint density at radius 2 is 1.61 bits per heavy atom. The Balaban J connectivity index is 1.31. The number of halogens is 1. The van der Waals surface area contributed by atoms with E-state index in [1.54, 1.807) is 12.4 Å². The summed E-state index contributed by atoms with van der Waals surface area (Å²) in [6, 6.07) is 19.6. The molecule has 0 unspecified atom stereocenters. The van der Waals surface area contributed by atoms with Crippen LogP contribution in [0.15, 0.2) is 141 Å². The third-order valence-corrected chi connectivity index (χ3v) is 10.8. The quantitative estimate of drug-likeness (QED) is 0.0945. The number of fused-ring (bicyclic) bond motifs is 6. The van der Waals surface area contributed by atoms with Crippen LogP contribution in [0.25, 0.3) is 55.7 Å². The van der Waals surface area contributed by atoms with Crippen molar-refractivity contribution in [2.75, 3.05) is 0 Å². The van der Waals surface area contributed by atoms with E-state index >= 15 is 0 Å². The molecule has 238 valence electrons. The van der Waals surface area contributed by atoms with E-state index in [4.69, 9.17) is 15.0 Å². The number of rotatable bonds is 7. The zero-order valence-corrected chi connectivity index (χ0v) is 29.4. The molecule has 3 aromatic carbocycles. The van der Waals surface area contributed by atoms with Gasteiger partial charge in [-0.3, -0.25) is 4.98 Å². The van der Waals surface area contributed by atoms with Crippen molar-refractivity contribution in [3.8, 4) is 11.4 Å². The molecule has 0 radical (unpaired) electrons. The number of aryl methyl sites for hydroxylation is 1. The second kappa shape index (κ2) is 13.7. The molecule has 0 spiro atoms. The first-order valence-electron chi connectivity index (χ1n) is 16.6. The Kier molecular flexibility index (Phi) is 8.71. The molecule has 0 N–H and O–H groups in total. The van der Waals surface area contributed by atoms with Crippen molar-refractivity contribution >= 4 is 65.4 Å². The summed E-state index contributed by atoms with van der Waals surface area (Å²) in [6.45, 7) is 6.43. The molecule has 49 heavy (non-hydrogen) atoms. The van der Waals surface area contributed by atoms with Crippen molar-refractivity contribution in [3.05, 3.63) is 166 Å². The third-order valence-electron chi connectivity index (χ3n) is 9.21. The largest absolute Gasteiger partial charge is 0.265 e. The lowest BCUT2D eigenvalue weighted by atomic mass is 9.83. The average Bonchev–Trinajstić information content (AvgIpc) is 3.18. The highest BCUT2D eigenvalue weighted by Crippen LogP contribution is 2.41. The van der Waals surface area contributed by atoms with Gasteiger partial charge in [0, 0.05) is 60.4 Å². The van der Waals surface area contributed by atoms with E-state index in [9.17, 15) is 0 Å². The minimum atomic E-state index is -0.423. The lowest BCUT2D eigenvalue weighted by molar-refractivity contribution is 0.976. The molecule has 1 aliphatic heterocycles. The summed E-state index contributed by atoms with van der Waals surface area (Å²) in [5.74, 6) is 1.95. The zero-order valence-electron chi connectivity index (χ0n) is 27.3. The fraction of sp³-hybridized carbons (Fsp3) is 0.116. The maximum Gasteiger partial charge on any atom is 0.164 e. The fourth-order valence-corrected chi connectivity index (χ4v) is 8.29. The van der Waals surface area contributed by atoms with Crippen LogP contribution in [-0.4, -0.2) is 19.9 Å². The van der Waals surface area contributed by atoms with Gasteiger partial charge in [-0.05, 0) is 112 Å². The lowest BCUT2D eigenvalue weighted by Gasteiger charge is -2.21. The Bertz CT molecular complexity index is 2400. The summed E-state index contributed by atoms with van der Waals surface area (Å²) in [7, 11) is 0. The monoisotopic (exact) mass is 747 g/mol. The van der Waals surface area contributed by atoms with E-state index in [-0.39, 0.29) is 0 Å². The van der Waals surface area contributed by atoms with Crippen LogP contribution in [0.4, 0.5) is 0 Å². The van der Waals surface area contributed by atoms with Gasteiger partial charge in [0.25, 0.3) is 0 Å². The van der Waals surface area contributed by atoms with E-state index in [1.807, 2.05) is 30.5 Å². The second-order valence-electron chi connectivity index (χ2n) is 12.1. The molecule has 2 aliphatic carbocycles. The second-order valence-corrected chi connectivity index (χ2v) is 13.8. The highest BCUT2D eigenvalue weighted by atomic mass is 127. The van der Waals surface area contributed by atoms with Crippen molar-refractivity contribution in [2.24, 2.45) is 3.15 Å². The number of nitrogens with zero attached hydrogens (tertiary/aromatic N) is 5. The van der Waals surface area contributed by atoms with Gasteiger partial charge in [0.15, 0.2) is 17.5 Å². The molecule has 0 amide bonds. The van der Waals surface area contributed by atoms with Crippen LogP contribution in [0.2, 0.25) is 0 Å². The number of aromatic nitrogens is 4. The summed E-state index contributed by atoms with van der Waals surface area (Å²) in [6.07, 6.45) is 26.9. The minimum absolute atomic E-state index is 0.423. The Morgan fingerprint density at radius 1 is 0.796 bits per heavy atom. The van der Waals surface area contributed by atoms with Gasteiger partial charge in [0.2, 0.25) is 0 Å². The Labute approximate surface area is 296 Å². The molecule has 6 heteroatoms. The molecule has 2 aromatic heterocycles. The standard InChI is InChI=1S/C43H34IN5/c1-3-11-32(31(4-2)29-18-19-38-35-14-6-5-12-33(35)34-13-7-8-16-37(34)40(38)26-29)36-15-9-10-17-39(36)43-48-41(28-20-23-45-24-21-28)47-42(49-43)30-22-25-46-44-27-30/h3-5,7-8,11-13,15-27H,2,6,9-10,14H2,1H3/b11-3-,32-31-. The third kappa shape index (κ3) is 5.91. The number of pyridine rings is 1. The van der Waals surface area contributed by atoms with Crippen LogP contribution < -0.4 is 0 Å². The lowest BCUT2D eigenvalue weighted by Crippen LogP contribution is -2.08. The molecule has 5 nitrogen and oxygen atoms in total. The maximum absolute atomic E-state index is 5.10. The topological polar surface area (TPSA) is 63.9 Å². The van der Waals surface area contributed by atoms with E-state index < -0.39 is 21.0 Å². The van der Waals surface area contributed by atoms with Gasteiger partial charge < -0.3 is 0 Å². The fourth-order valence-electron chi connectivity index (χ4n) is 7.00. The molecular formula is C43H34IN5. The first-order chi connectivity index (χ1) is 24.2. The summed E-state index contributed by atoms with van der Waals surface area (Å²) in [4.78, 5) is 19.3. The van der Waals surface area contributed by atoms with Crippen LogP contribution in [-0.2, 0) is 6.42 Å². The molecule has 0 atom stereocenters. The van der Waals surface area contributed by atoms with Crippen molar-refractivity contribution < 1.29 is 0 Å². The van der Waals surface area contributed by atoms with Gasteiger partial charge in [-0.2, -0.15) is 0 Å². The number of benzene rings is 3. The molecule has 5 aromatic rings. The number of hydrogen-bond acceptors (Lipinski definition) is 5. The van der Waals surface area contributed by atoms with Crippen molar-refractivity contribution in [1.82, 2.24) is 19.9 Å². The van der Waals surface area contributed by atoms with E-state index in [0.29, 0.717) is 17.5 Å². The van der Waals surface area contributed by atoms with Crippen LogP contribution in [0.5, 0.6) is 0 Å². The van der Waals surface area contributed by atoms with Gasteiger partial charge in [-0.25, -0.2) is 18.1 Å². The van der Waals surface area contributed by atoms with Crippen LogP contribution in [0.3, 0.4) is 0 Å². The molecule has 0 fully saturated rings. The van der Waals surface area contributed by atoms with Gasteiger partial charge in [0.1, 0.15) is 0 Å². The van der Waals surface area contributed by atoms with Crippen LogP contribution in [0, 0.1) is 0 Å². The minimum Gasteiger partial charge on any atom is -0.265 e. The summed E-state index contributed by atoms with van der Waals surface area (Å²) in [5.41, 5.74) is 10.1. The summed E-state index contributed by atoms with van der Waals surface area (Å²) < 4.78 is 6.61. The first-order valence-corrected chi connectivity index (χ1v) is 18.9. The van der Waals surface area contributed by atoms with Crippen molar-refractivity contribution in [3.63, 3.8) is 0 Å². The first kappa shape index (κ1) is 31.1. The highest BCUT2D eigenvalue weighted by molar-refractivity contribution is 14.2. The van der Waals surface area contributed by atoms with Gasteiger partial charge in [0.05, 0.1) is 0 Å². The van der Waals surface area contributed by atoms with E-state index in [2.05, 4.69) is 105 Å². The Hall–Kier alpha value is -5.21. The van der Waals surface area contributed by atoms with E-state index in [0.717, 1.165) is 64.7 Å². The number of allylic oxidation sites excluding steroid dienone is 12. The van der Waals surface area contributed by atoms with Crippen LogP contribution in [0.1, 0.15) is 54.5 Å². The van der Waals surface area contributed by atoms with Crippen molar-refractivity contribution in [2.45, 2.75) is 32.6 Å². The van der Waals surface area contributed by atoms with Crippen molar-refractivity contribution in [1.29, 1.82) is 0 Å².